The number of aromatic amines is 1. The fourth-order valence-electron chi connectivity index (χ4n) is 1.58. The highest BCUT2D eigenvalue weighted by atomic mass is 32.1. The van der Waals surface area contributed by atoms with Crippen LogP contribution in [0.3, 0.4) is 0 Å². The van der Waals surface area contributed by atoms with Gasteiger partial charge in [0.2, 0.25) is 5.91 Å². The molecule has 1 heterocycles. The predicted octanol–water partition coefficient (Wildman–Crippen LogP) is 1.59. The fraction of sp³-hybridized carbons (Fsp3) is 0.0909. The molecule has 0 unspecified atom stereocenters. The van der Waals surface area contributed by atoms with Crippen LogP contribution in [0.1, 0.15) is 17.3 Å². The van der Waals surface area contributed by atoms with Gasteiger partial charge in [0.25, 0.3) is 0 Å². The van der Waals surface area contributed by atoms with Crippen molar-refractivity contribution in [1.82, 2.24) is 14.8 Å². The van der Waals surface area contributed by atoms with Crippen LogP contribution in [0.25, 0.3) is 5.69 Å². The predicted molar refractivity (Wildman–Crippen MR) is 70.0 cm³/mol. The van der Waals surface area contributed by atoms with Gasteiger partial charge in [-0.1, -0.05) is 0 Å². The summed E-state index contributed by atoms with van der Waals surface area (Å²) in [6.45, 7) is 1.34. The number of anilines is 1. The number of hydrogen-bond acceptors (Lipinski definition) is 4. The number of carboxylic acid groups (broad SMARTS) is 1. The van der Waals surface area contributed by atoms with Gasteiger partial charge in [-0.15, -0.1) is 0 Å². The van der Waals surface area contributed by atoms with Crippen LogP contribution in [-0.2, 0) is 4.79 Å². The third kappa shape index (κ3) is 2.86. The highest BCUT2D eigenvalue weighted by Crippen LogP contribution is 2.18. The lowest BCUT2D eigenvalue weighted by atomic mass is 10.1. The van der Waals surface area contributed by atoms with E-state index < -0.39 is 5.97 Å². The molecule has 0 fully saturated rings. The lowest BCUT2D eigenvalue weighted by Gasteiger charge is -2.08. The summed E-state index contributed by atoms with van der Waals surface area (Å²) in [4.78, 5) is 22.1. The molecule has 0 spiro atoms. The largest absolute Gasteiger partial charge is 0.478 e. The van der Waals surface area contributed by atoms with Crippen molar-refractivity contribution in [3.05, 3.63) is 34.9 Å². The maximum Gasteiger partial charge on any atom is 0.335 e. The minimum absolute atomic E-state index is 0.0457. The molecular formula is C11H10N4O3S. The molecule has 98 valence electrons. The van der Waals surface area contributed by atoms with Gasteiger partial charge < -0.3 is 10.4 Å². The molecule has 1 aromatic heterocycles. The molecule has 0 aliphatic heterocycles. The van der Waals surface area contributed by atoms with E-state index in [1.165, 1.54) is 30.0 Å². The smallest absolute Gasteiger partial charge is 0.335 e. The van der Waals surface area contributed by atoms with Gasteiger partial charge in [-0.3, -0.25) is 14.5 Å². The molecule has 2 rings (SSSR count). The van der Waals surface area contributed by atoms with E-state index in [0.717, 1.165) is 0 Å². The minimum Gasteiger partial charge on any atom is -0.478 e. The number of benzene rings is 1. The second-order valence-corrected chi connectivity index (χ2v) is 4.17. The van der Waals surface area contributed by atoms with E-state index in [4.69, 9.17) is 17.3 Å². The molecule has 0 radical (unpaired) electrons. The summed E-state index contributed by atoms with van der Waals surface area (Å²) in [5, 5.41) is 17.9. The molecule has 3 N–H and O–H groups in total. The number of amides is 1. The number of carbonyl (C=O) groups excluding carboxylic acids is 1. The van der Waals surface area contributed by atoms with Crippen LogP contribution in [0.5, 0.6) is 0 Å². The van der Waals surface area contributed by atoms with Crippen LogP contribution in [0.2, 0.25) is 0 Å². The number of aromatic carboxylic acids is 1. The van der Waals surface area contributed by atoms with Crippen LogP contribution in [-0.4, -0.2) is 31.7 Å². The van der Waals surface area contributed by atoms with Gasteiger partial charge in [0.15, 0.2) is 4.77 Å². The number of nitrogens with one attached hydrogen (secondary N) is 2. The van der Waals surface area contributed by atoms with Crippen LogP contribution in [0, 0.1) is 4.77 Å². The molecular weight excluding hydrogens is 268 g/mol. The maximum absolute atomic E-state index is 11.1. The third-order valence-electron chi connectivity index (χ3n) is 2.32. The Labute approximate surface area is 112 Å². The number of carboxylic acids is 1. The van der Waals surface area contributed by atoms with E-state index in [9.17, 15) is 9.59 Å². The second kappa shape index (κ2) is 5.02. The monoisotopic (exact) mass is 278 g/mol. The van der Waals surface area contributed by atoms with Gasteiger partial charge in [0.1, 0.15) is 6.33 Å². The molecule has 2 aromatic rings. The number of nitrogens with zero attached hydrogens (tertiary/aromatic N) is 2. The van der Waals surface area contributed by atoms with Crippen molar-refractivity contribution in [2.45, 2.75) is 6.92 Å². The Kier molecular flexibility index (Phi) is 3.43. The highest BCUT2D eigenvalue weighted by molar-refractivity contribution is 7.71. The van der Waals surface area contributed by atoms with Gasteiger partial charge in [0, 0.05) is 12.6 Å². The zero-order valence-electron chi connectivity index (χ0n) is 9.88. The lowest BCUT2D eigenvalue weighted by Crippen LogP contribution is -2.08. The average Bonchev–Trinajstić information content (AvgIpc) is 2.74. The Morgan fingerprint density at radius 2 is 2.16 bits per heavy atom. The molecule has 1 aromatic carbocycles. The third-order valence-corrected chi connectivity index (χ3v) is 2.60. The van der Waals surface area contributed by atoms with Gasteiger partial charge >= 0.3 is 5.97 Å². The Bertz CT molecular complexity index is 704. The van der Waals surface area contributed by atoms with Crippen molar-refractivity contribution in [3.63, 3.8) is 0 Å². The van der Waals surface area contributed by atoms with Crippen molar-refractivity contribution in [3.8, 4) is 5.69 Å². The molecule has 19 heavy (non-hydrogen) atoms. The number of hydrogen-bond donors (Lipinski definition) is 3. The van der Waals surface area contributed by atoms with E-state index in [1.54, 1.807) is 6.07 Å². The topological polar surface area (TPSA) is 100 Å². The quantitative estimate of drug-likeness (QED) is 0.740. The first-order valence-corrected chi connectivity index (χ1v) is 5.66. The maximum atomic E-state index is 11.1. The minimum atomic E-state index is -1.09. The Balaban J connectivity index is 2.57. The molecule has 0 saturated heterocycles. The summed E-state index contributed by atoms with van der Waals surface area (Å²) >= 11 is 5.02. The summed E-state index contributed by atoms with van der Waals surface area (Å²) in [5.41, 5.74) is 0.928. The van der Waals surface area contributed by atoms with Crippen molar-refractivity contribution in [2.24, 2.45) is 0 Å². The van der Waals surface area contributed by atoms with Gasteiger partial charge in [0.05, 0.1) is 11.3 Å². The van der Waals surface area contributed by atoms with Gasteiger partial charge in [-0.25, -0.2) is 4.79 Å². The molecule has 0 saturated carbocycles. The summed E-state index contributed by atoms with van der Waals surface area (Å²) in [5.74, 6) is -1.38. The van der Waals surface area contributed by atoms with E-state index in [0.29, 0.717) is 16.1 Å². The fourth-order valence-corrected chi connectivity index (χ4v) is 1.79. The van der Waals surface area contributed by atoms with E-state index in [1.807, 2.05) is 0 Å². The van der Waals surface area contributed by atoms with Crippen LogP contribution in [0.4, 0.5) is 5.69 Å². The first-order chi connectivity index (χ1) is 8.97. The van der Waals surface area contributed by atoms with Gasteiger partial charge in [-0.05, 0) is 30.4 Å². The first-order valence-electron chi connectivity index (χ1n) is 5.26. The second-order valence-electron chi connectivity index (χ2n) is 3.79. The van der Waals surface area contributed by atoms with Crippen molar-refractivity contribution < 1.29 is 14.7 Å². The van der Waals surface area contributed by atoms with Gasteiger partial charge in [-0.2, -0.15) is 5.10 Å². The number of H-pyrrole nitrogens is 1. The summed E-state index contributed by atoms with van der Waals surface area (Å²) < 4.78 is 1.84. The van der Waals surface area contributed by atoms with E-state index >= 15 is 0 Å². The summed E-state index contributed by atoms with van der Waals surface area (Å²) in [6, 6.07) is 4.43. The summed E-state index contributed by atoms with van der Waals surface area (Å²) in [6.07, 6.45) is 1.43. The molecule has 1 amide bonds. The average molecular weight is 278 g/mol. The standard InChI is InChI=1S/C11H10N4O3S/c1-6(16)13-8-2-7(10(17)18)3-9(4-8)15-5-12-14-11(15)19/h2-5H,1H3,(H,13,16)(H,14,19)(H,17,18). The zero-order valence-corrected chi connectivity index (χ0v) is 10.7. The first kappa shape index (κ1) is 13.0. The molecule has 0 aliphatic rings. The number of carbonyl (C=O) groups is 2. The Hall–Kier alpha value is -2.48. The summed E-state index contributed by atoms with van der Waals surface area (Å²) in [7, 11) is 0. The lowest BCUT2D eigenvalue weighted by molar-refractivity contribution is -0.114. The van der Waals surface area contributed by atoms with Crippen LogP contribution in [0.15, 0.2) is 24.5 Å². The highest BCUT2D eigenvalue weighted by Gasteiger charge is 2.09. The van der Waals surface area contributed by atoms with Crippen LogP contribution >= 0.6 is 12.2 Å². The number of aromatic nitrogens is 3. The van der Waals surface area contributed by atoms with Crippen LogP contribution < -0.4 is 5.32 Å². The zero-order chi connectivity index (χ0) is 14.0. The van der Waals surface area contributed by atoms with E-state index in [-0.39, 0.29) is 11.5 Å². The molecule has 0 bridgehead atoms. The Morgan fingerprint density at radius 1 is 1.42 bits per heavy atom. The van der Waals surface area contributed by atoms with E-state index in [2.05, 4.69) is 15.5 Å². The van der Waals surface area contributed by atoms with Crippen molar-refractivity contribution >= 4 is 29.8 Å². The van der Waals surface area contributed by atoms with Crippen molar-refractivity contribution in [1.29, 1.82) is 0 Å². The molecule has 7 nitrogen and oxygen atoms in total. The normalized spacial score (nSPS) is 10.2. The molecule has 0 atom stereocenters. The van der Waals surface area contributed by atoms with Crippen molar-refractivity contribution in [2.75, 3.05) is 5.32 Å². The SMILES string of the molecule is CC(=O)Nc1cc(C(=O)O)cc(-n2cn[nH]c2=S)c1. The molecule has 0 aliphatic carbocycles. The Morgan fingerprint density at radius 3 is 2.68 bits per heavy atom. The number of rotatable bonds is 3. The molecule has 8 heteroatoms.